The lowest BCUT2D eigenvalue weighted by molar-refractivity contribution is -0.128. The van der Waals surface area contributed by atoms with Crippen LogP contribution in [0.3, 0.4) is 0 Å². The maximum atomic E-state index is 12.9. The highest BCUT2D eigenvalue weighted by Gasteiger charge is 2.34. The maximum absolute atomic E-state index is 12.9. The van der Waals surface area contributed by atoms with Gasteiger partial charge >= 0.3 is 0 Å². The number of hydrogen-bond donors (Lipinski definition) is 1. The summed E-state index contributed by atoms with van der Waals surface area (Å²) < 4.78 is 17.1. The van der Waals surface area contributed by atoms with Crippen LogP contribution in [0.15, 0.2) is 48.5 Å². The van der Waals surface area contributed by atoms with Gasteiger partial charge in [0.2, 0.25) is 6.10 Å². The molecule has 2 aromatic rings. The van der Waals surface area contributed by atoms with Gasteiger partial charge in [-0.15, -0.1) is 0 Å². The second-order valence-corrected chi connectivity index (χ2v) is 6.41. The summed E-state index contributed by atoms with van der Waals surface area (Å²) in [4.78, 5) is 15.1. The third kappa shape index (κ3) is 3.32. The van der Waals surface area contributed by atoms with Crippen molar-refractivity contribution < 1.29 is 19.0 Å². The van der Waals surface area contributed by atoms with E-state index < -0.39 is 6.10 Å². The molecule has 26 heavy (non-hydrogen) atoms. The fraction of sp³-hybridized carbons (Fsp3) is 0.350. The second kappa shape index (κ2) is 7.25. The van der Waals surface area contributed by atoms with E-state index in [4.69, 9.17) is 14.2 Å². The van der Waals surface area contributed by atoms with Gasteiger partial charge in [0.05, 0.1) is 24.6 Å². The Labute approximate surface area is 152 Å². The average Bonchev–Trinajstić information content (AvgIpc) is 2.68. The number of rotatable bonds is 3. The molecule has 0 spiro atoms. The average molecular weight is 354 g/mol. The topological polar surface area (TPSA) is 60.0 Å². The van der Waals surface area contributed by atoms with Crippen LogP contribution in [0.4, 0.5) is 11.4 Å². The van der Waals surface area contributed by atoms with E-state index in [1.165, 1.54) is 0 Å². The van der Waals surface area contributed by atoms with Crippen molar-refractivity contribution in [3.05, 3.63) is 48.5 Å². The quantitative estimate of drug-likeness (QED) is 0.918. The van der Waals surface area contributed by atoms with Crippen LogP contribution in [0, 0.1) is 0 Å². The number of para-hydroxylation sites is 4. The van der Waals surface area contributed by atoms with Gasteiger partial charge < -0.3 is 24.4 Å². The summed E-state index contributed by atoms with van der Waals surface area (Å²) in [5.41, 5.74) is 1.77. The summed E-state index contributed by atoms with van der Waals surface area (Å²) in [6, 6.07) is 15.2. The highest BCUT2D eigenvalue weighted by Crippen LogP contribution is 2.34. The molecule has 2 aliphatic rings. The first-order valence-corrected chi connectivity index (χ1v) is 8.87. The third-order valence-electron chi connectivity index (χ3n) is 4.61. The van der Waals surface area contributed by atoms with Gasteiger partial charge in [0, 0.05) is 13.1 Å². The largest absolute Gasteiger partial charge is 0.482 e. The SMILES string of the molecule is C[C@@H]1Oc2ccccc2O[C@@H]1C(=O)Nc1ccccc1N1CCOCC1. The number of nitrogens with one attached hydrogen (secondary N) is 1. The zero-order valence-corrected chi connectivity index (χ0v) is 14.7. The van der Waals surface area contributed by atoms with E-state index in [-0.39, 0.29) is 12.0 Å². The Morgan fingerprint density at radius 1 is 1.00 bits per heavy atom. The second-order valence-electron chi connectivity index (χ2n) is 6.41. The van der Waals surface area contributed by atoms with E-state index >= 15 is 0 Å². The Morgan fingerprint density at radius 2 is 1.65 bits per heavy atom. The number of benzene rings is 2. The molecule has 2 aromatic carbocycles. The fourth-order valence-corrected chi connectivity index (χ4v) is 3.27. The van der Waals surface area contributed by atoms with Gasteiger partial charge in [-0.2, -0.15) is 0 Å². The lowest BCUT2D eigenvalue weighted by atomic mass is 10.1. The van der Waals surface area contributed by atoms with Gasteiger partial charge in [0.15, 0.2) is 11.5 Å². The molecule has 0 aromatic heterocycles. The van der Waals surface area contributed by atoms with Crippen molar-refractivity contribution in [2.24, 2.45) is 0 Å². The van der Waals surface area contributed by atoms with Gasteiger partial charge in [-0.05, 0) is 31.2 Å². The molecule has 6 heteroatoms. The maximum Gasteiger partial charge on any atom is 0.269 e. The Kier molecular flexibility index (Phi) is 4.67. The Bertz CT molecular complexity index is 789. The highest BCUT2D eigenvalue weighted by molar-refractivity contribution is 5.98. The zero-order chi connectivity index (χ0) is 17.9. The number of anilines is 2. The summed E-state index contributed by atoms with van der Waals surface area (Å²) in [5, 5.41) is 3.01. The van der Waals surface area contributed by atoms with Crippen LogP contribution in [-0.4, -0.2) is 44.4 Å². The molecule has 0 saturated carbocycles. The van der Waals surface area contributed by atoms with Crippen molar-refractivity contribution in [2.75, 3.05) is 36.5 Å². The number of ether oxygens (including phenoxy) is 3. The van der Waals surface area contributed by atoms with Crippen molar-refractivity contribution in [1.82, 2.24) is 0 Å². The van der Waals surface area contributed by atoms with E-state index in [1.807, 2.05) is 55.5 Å². The van der Waals surface area contributed by atoms with E-state index in [2.05, 4.69) is 10.2 Å². The molecule has 0 aliphatic carbocycles. The molecule has 4 rings (SSSR count). The van der Waals surface area contributed by atoms with Crippen LogP contribution in [0.25, 0.3) is 0 Å². The molecule has 0 bridgehead atoms. The monoisotopic (exact) mass is 354 g/mol. The summed E-state index contributed by atoms with van der Waals surface area (Å²) in [7, 11) is 0. The number of amides is 1. The number of nitrogens with zero attached hydrogens (tertiary/aromatic N) is 1. The first-order chi connectivity index (χ1) is 12.7. The Balaban J connectivity index is 1.52. The molecule has 136 valence electrons. The summed E-state index contributed by atoms with van der Waals surface area (Å²) in [6.45, 7) is 4.83. The molecule has 1 saturated heterocycles. The van der Waals surface area contributed by atoms with E-state index in [1.54, 1.807) is 0 Å². The smallest absolute Gasteiger partial charge is 0.269 e. The van der Waals surface area contributed by atoms with Gasteiger partial charge in [-0.1, -0.05) is 24.3 Å². The molecule has 2 atom stereocenters. The van der Waals surface area contributed by atoms with Crippen molar-refractivity contribution in [3.63, 3.8) is 0 Å². The first kappa shape index (κ1) is 16.7. The normalized spacial score (nSPS) is 22.0. The molecule has 6 nitrogen and oxygen atoms in total. The minimum atomic E-state index is -0.706. The van der Waals surface area contributed by atoms with Crippen molar-refractivity contribution in [2.45, 2.75) is 19.1 Å². The minimum Gasteiger partial charge on any atom is -0.482 e. The molecule has 1 fully saturated rings. The number of morpholine rings is 1. The molecule has 1 amide bonds. The van der Waals surface area contributed by atoms with Gasteiger partial charge in [0.1, 0.15) is 6.10 Å². The Morgan fingerprint density at radius 3 is 2.42 bits per heavy atom. The lowest BCUT2D eigenvalue weighted by Gasteiger charge is -2.32. The van der Waals surface area contributed by atoms with Crippen molar-refractivity contribution in [1.29, 1.82) is 0 Å². The lowest BCUT2D eigenvalue weighted by Crippen LogP contribution is -2.46. The van der Waals surface area contributed by atoms with E-state index in [0.717, 1.165) is 24.5 Å². The van der Waals surface area contributed by atoms with E-state index in [0.29, 0.717) is 24.7 Å². The van der Waals surface area contributed by atoms with Crippen LogP contribution in [0.5, 0.6) is 11.5 Å². The number of carbonyl (C=O) groups is 1. The van der Waals surface area contributed by atoms with E-state index in [9.17, 15) is 4.79 Å². The van der Waals surface area contributed by atoms with Crippen LogP contribution in [-0.2, 0) is 9.53 Å². The molecule has 2 aliphatic heterocycles. The minimum absolute atomic E-state index is 0.215. The Hall–Kier alpha value is -2.73. The van der Waals surface area contributed by atoms with Crippen LogP contribution < -0.4 is 19.7 Å². The number of hydrogen-bond acceptors (Lipinski definition) is 5. The first-order valence-electron chi connectivity index (χ1n) is 8.87. The number of fused-ring (bicyclic) bond motifs is 1. The number of carbonyl (C=O) groups excluding carboxylic acids is 1. The van der Waals surface area contributed by atoms with Crippen LogP contribution >= 0.6 is 0 Å². The molecule has 0 unspecified atom stereocenters. The molecule has 2 heterocycles. The summed E-state index contributed by atoms with van der Waals surface area (Å²) >= 11 is 0. The van der Waals surface area contributed by atoms with Gasteiger partial charge in [0.25, 0.3) is 5.91 Å². The standard InChI is InChI=1S/C20H22N2O4/c1-14-19(26-18-9-5-4-8-17(18)25-14)20(23)21-15-6-2-3-7-16(15)22-10-12-24-13-11-22/h2-9,14,19H,10-13H2,1H3,(H,21,23)/t14-,19-/m0/s1. The fourth-order valence-electron chi connectivity index (χ4n) is 3.27. The molecule has 1 N–H and O–H groups in total. The van der Waals surface area contributed by atoms with Crippen molar-refractivity contribution in [3.8, 4) is 11.5 Å². The van der Waals surface area contributed by atoms with Crippen LogP contribution in [0.1, 0.15) is 6.92 Å². The van der Waals surface area contributed by atoms with Gasteiger partial charge in [-0.3, -0.25) is 4.79 Å². The van der Waals surface area contributed by atoms with Gasteiger partial charge in [-0.25, -0.2) is 0 Å². The van der Waals surface area contributed by atoms with Crippen molar-refractivity contribution >= 4 is 17.3 Å². The molecule has 0 radical (unpaired) electrons. The molecular weight excluding hydrogens is 332 g/mol. The van der Waals surface area contributed by atoms with Crippen LogP contribution in [0.2, 0.25) is 0 Å². The predicted octanol–water partition coefficient (Wildman–Crippen LogP) is 2.69. The molecular formula is C20H22N2O4. The predicted molar refractivity (Wildman–Crippen MR) is 99.1 cm³/mol. The highest BCUT2D eigenvalue weighted by atomic mass is 16.6. The summed E-state index contributed by atoms with van der Waals surface area (Å²) in [6.07, 6.45) is -1.08. The zero-order valence-electron chi connectivity index (χ0n) is 14.7. The summed E-state index contributed by atoms with van der Waals surface area (Å²) in [5.74, 6) is 1.04. The third-order valence-corrected chi connectivity index (χ3v) is 4.61.